The zero-order chi connectivity index (χ0) is 22.5. The van der Waals surface area contributed by atoms with Crippen LogP contribution in [0.3, 0.4) is 0 Å². The highest BCUT2D eigenvalue weighted by atomic mass is 32.1. The summed E-state index contributed by atoms with van der Waals surface area (Å²) in [5, 5.41) is 24.0. The van der Waals surface area contributed by atoms with Gasteiger partial charge in [-0.25, -0.2) is 13.2 Å². The van der Waals surface area contributed by atoms with Gasteiger partial charge in [-0.15, -0.1) is 31.7 Å². The van der Waals surface area contributed by atoms with E-state index < -0.39 is 17.7 Å². The van der Waals surface area contributed by atoms with Gasteiger partial charge < -0.3 is 4.90 Å². The quantitative estimate of drug-likeness (QED) is 0.600. The van der Waals surface area contributed by atoms with Gasteiger partial charge in [0.1, 0.15) is 15.8 Å². The van der Waals surface area contributed by atoms with Crippen molar-refractivity contribution >= 4 is 17.0 Å². The zero-order valence-electron chi connectivity index (χ0n) is 17.7. The average Bonchev–Trinajstić information content (AvgIpc) is 3.14. The minimum atomic E-state index is -2.65. The van der Waals surface area contributed by atoms with Gasteiger partial charge in [-0.3, -0.25) is 4.90 Å². The van der Waals surface area contributed by atoms with Crippen LogP contribution in [0.15, 0.2) is 12.1 Å². The number of hydrogen-bond donors (Lipinski definition) is 1. The van der Waals surface area contributed by atoms with Crippen molar-refractivity contribution in [1.29, 1.82) is 0 Å². The van der Waals surface area contributed by atoms with E-state index in [1.54, 1.807) is 17.4 Å². The molecule has 8 nitrogen and oxygen atoms in total. The van der Waals surface area contributed by atoms with Crippen LogP contribution in [0.4, 0.5) is 18.9 Å². The molecule has 170 valence electrons. The Labute approximate surface area is 186 Å². The summed E-state index contributed by atoms with van der Waals surface area (Å²) in [5.41, 5.74) is 1.42. The average molecular weight is 465 g/mol. The first kappa shape index (κ1) is 21.3. The van der Waals surface area contributed by atoms with Gasteiger partial charge in [-0.05, 0) is 43.2 Å². The van der Waals surface area contributed by atoms with Crippen LogP contribution in [0.25, 0.3) is 11.4 Å². The number of piperazine rings is 1. The van der Waals surface area contributed by atoms with Crippen molar-refractivity contribution in [2.75, 3.05) is 24.5 Å². The molecule has 1 saturated carbocycles. The summed E-state index contributed by atoms with van der Waals surface area (Å²) in [6, 6.07) is 3.30. The topological polar surface area (TPSA) is 86.7 Å². The van der Waals surface area contributed by atoms with E-state index in [2.05, 4.69) is 47.5 Å². The van der Waals surface area contributed by atoms with E-state index in [-0.39, 0.29) is 30.3 Å². The number of rotatable bonds is 6. The highest BCUT2D eigenvalue weighted by Crippen LogP contribution is 2.50. The summed E-state index contributed by atoms with van der Waals surface area (Å²) in [4.78, 5) is 4.39. The number of nitrogens with zero attached hydrogens (tertiary/aromatic N) is 7. The van der Waals surface area contributed by atoms with Gasteiger partial charge in [0.15, 0.2) is 0 Å². The Kier molecular flexibility index (Phi) is 5.36. The lowest BCUT2D eigenvalue weighted by Crippen LogP contribution is -2.51. The summed E-state index contributed by atoms with van der Waals surface area (Å²) in [7, 11) is 0. The molecule has 2 fully saturated rings. The molecule has 0 spiro atoms. The van der Waals surface area contributed by atoms with Crippen LogP contribution in [0, 0.1) is 18.7 Å². The number of hydrogen-bond acceptors (Lipinski definition) is 8. The number of nitrogens with one attached hydrogen (secondary N) is 1. The van der Waals surface area contributed by atoms with Crippen LogP contribution < -0.4 is 4.90 Å². The smallest absolute Gasteiger partial charge is 0.251 e. The van der Waals surface area contributed by atoms with Crippen LogP contribution in [0.5, 0.6) is 0 Å². The highest BCUT2D eigenvalue weighted by molar-refractivity contribution is 7.11. The van der Waals surface area contributed by atoms with E-state index in [1.807, 2.05) is 6.92 Å². The molecule has 1 saturated heterocycles. The Morgan fingerprint density at radius 3 is 2.66 bits per heavy atom. The van der Waals surface area contributed by atoms with Crippen molar-refractivity contribution in [3.05, 3.63) is 33.5 Å². The number of H-pyrrole nitrogens is 1. The van der Waals surface area contributed by atoms with Crippen LogP contribution in [0.1, 0.15) is 28.9 Å². The summed E-state index contributed by atoms with van der Waals surface area (Å²) in [6.07, 6.45) is 0.00665. The fraction of sp³-hybridized carbons (Fsp3) is 0.550. The third-order valence-electron chi connectivity index (χ3n) is 6.15. The van der Waals surface area contributed by atoms with Crippen molar-refractivity contribution in [3.8, 4) is 11.4 Å². The maximum absolute atomic E-state index is 15.2. The van der Waals surface area contributed by atoms with Crippen LogP contribution in [-0.4, -0.2) is 67.3 Å². The Morgan fingerprint density at radius 2 is 2.03 bits per heavy atom. The predicted molar refractivity (Wildman–Crippen MR) is 113 cm³/mol. The third kappa shape index (κ3) is 4.20. The summed E-state index contributed by atoms with van der Waals surface area (Å²) in [6.45, 7) is 6.79. The van der Waals surface area contributed by atoms with E-state index in [4.69, 9.17) is 0 Å². The van der Waals surface area contributed by atoms with E-state index in [1.165, 1.54) is 6.07 Å². The summed E-state index contributed by atoms with van der Waals surface area (Å²) in [5.74, 6) is -3.74. The molecule has 0 bridgehead atoms. The van der Waals surface area contributed by atoms with Gasteiger partial charge in [0.25, 0.3) is 5.92 Å². The molecular weight excluding hydrogens is 441 g/mol. The summed E-state index contributed by atoms with van der Waals surface area (Å²) < 4.78 is 42.1. The molecule has 0 radical (unpaired) electrons. The van der Waals surface area contributed by atoms with Crippen molar-refractivity contribution in [3.63, 3.8) is 0 Å². The normalized spacial score (nSPS) is 23.0. The first-order valence-electron chi connectivity index (χ1n) is 10.5. The van der Waals surface area contributed by atoms with Gasteiger partial charge in [0.05, 0.1) is 17.8 Å². The van der Waals surface area contributed by atoms with Gasteiger partial charge in [0.2, 0.25) is 5.82 Å². The fourth-order valence-electron chi connectivity index (χ4n) is 4.30. The van der Waals surface area contributed by atoms with E-state index >= 15 is 4.39 Å². The first-order valence-corrected chi connectivity index (χ1v) is 11.3. The number of anilines is 1. The highest BCUT2D eigenvalue weighted by Gasteiger charge is 2.56. The molecule has 2 aromatic heterocycles. The fourth-order valence-corrected chi connectivity index (χ4v) is 5.04. The SMILES string of the molecule is Cc1nnc(CN2CCN(c3cc(C[C@H]4CC4(F)F)cc(F)c3-c3nn[nH]n3)C[C@@H]2C)s1. The van der Waals surface area contributed by atoms with Gasteiger partial charge in [-0.2, -0.15) is 5.21 Å². The first-order chi connectivity index (χ1) is 15.3. The standard InChI is InChI=1S/C20H23F3N8S/c1-11-9-31(4-3-30(11)10-17-25-24-12(2)32-17)16-7-13(5-14-8-20(14,22)23)6-15(21)18(16)19-26-28-29-27-19/h6-7,11,14H,3-5,8-10H2,1-2H3,(H,26,27,28,29)/t11-,14-/m0/s1. The largest absolute Gasteiger partial charge is 0.368 e. The molecule has 5 rings (SSSR count). The van der Waals surface area contributed by atoms with Gasteiger partial charge in [-0.1, -0.05) is 0 Å². The number of halogens is 3. The number of aryl methyl sites for hydroxylation is 1. The summed E-state index contributed by atoms with van der Waals surface area (Å²) >= 11 is 1.58. The molecular formula is C20H23F3N8S. The number of aromatic nitrogens is 6. The molecule has 3 aromatic rings. The second kappa shape index (κ2) is 8.07. The number of benzene rings is 1. The molecule has 0 amide bonds. The minimum absolute atomic E-state index is 0.142. The monoisotopic (exact) mass is 464 g/mol. The van der Waals surface area contributed by atoms with E-state index in [9.17, 15) is 8.78 Å². The lowest BCUT2D eigenvalue weighted by molar-refractivity contribution is 0.0989. The molecule has 1 N–H and O–H groups in total. The van der Waals surface area contributed by atoms with Crippen molar-refractivity contribution in [1.82, 2.24) is 35.7 Å². The molecule has 1 aliphatic heterocycles. The molecule has 0 unspecified atom stereocenters. The second-order valence-electron chi connectivity index (χ2n) is 8.55. The molecule has 1 aromatic carbocycles. The lowest BCUT2D eigenvalue weighted by atomic mass is 10.0. The predicted octanol–water partition coefficient (Wildman–Crippen LogP) is 3.07. The van der Waals surface area contributed by atoms with Crippen LogP contribution >= 0.6 is 11.3 Å². The maximum atomic E-state index is 15.2. The zero-order valence-corrected chi connectivity index (χ0v) is 18.5. The second-order valence-corrected chi connectivity index (χ2v) is 9.82. The molecule has 2 atom stereocenters. The molecule has 2 aliphatic rings. The molecule has 12 heteroatoms. The van der Waals surface area contributed by atoms with Crippen LogP contribution in [0.2, 0.25) is 0 Å². The van der Waals surface area contributed by atoms with Crippen LogP contribution in [-0.2, 0) is 13.0 Å². The lowest BCUT2D eigenvalue weighted by Gasteiger charge is -2.41. The van der Waals surface area contributed by atoms with E-state index in [0.717, 1.165) is 16.6 Å². The molecule has 1 aliphatic carbocycles. The molecule has 3 heterocycles. The van der Waals surface area contributed by atoms with Gasteiger partial charge in [0, 0.05) is 38.0 Å². The molecule has 32 heavy (non-hydrogen) atoms. The Bertz CT molecular complexity index is 1100. The van der Waals surface area contributed by atoms with E-state index in [0.29, 0.717) is 30.9 Å². The number of tetrazole rings is 1. The third-order valence-corrected chi connectivity index (χ3v) is 6.97. The van der Waals surface area contributed by atoms with Crippen molar-refractivity contribution in [2.24, 2.45) is 5.92 Å². The number of aromatic amines is 1. The van der Waals surface area contributed by atoms with Gasteiger partial charge >= 0.3 is 0 Å². The number of alkyl halides is 2. The van der Waals surface area contributed by atoms with Crippen molar-refractivity contribution < 1.29 is 13.2 Å². The maximum Gasteiger partial charge on any atom is 0.251 e. The minimum Gasteiger partial charge on any atom is -0.368 e. The van der Waals surface area contributed by atoms with Crippen molar-refractivity contribution in [2.45, 2.75) is 45.2 Å². The Balaban J connectivity index is 1.40. The Hall–Kier alpha value is -2.60. The Morgan fingerprint density at radius 1 is 1.22 bits per heavy atom.